The quantitative estimate of drug-likeness (QED) is 0.597. The van der Waals surface area contributed by atoms with E-state index >= 15 is 0 Å². The van der Waals surface area contributed by atoms with Gasteiger partial charge in [0.25, 0.3) is 5.69 Å². The van der Waals surface area contributed by atoms with Crippen LogP contribution in [0.15, 0.2) is 48.7 Å². The van der Waals surface area contributed by atoms with Gasteiger partial charge < -0.3 is 4.74 Å². The van der Waals surface area contributed by atoms with Crippen LogP contribution in [0.1, 0.15) is 6.42 Å². The molecule has 0 fully saturated rings. The summed E-state index contributed by atoms with van der Waals surface area (Å²) in [5.74, 6) is 0.722. The zero-order valence-corrected chi connectivity index (χ0v) is 11.6. The fourth-order valence-corrected chi connectivity index (χ4v) is 1.54. The van der Waals surface area contributed by atoms with Crippen molar-refractivity contribution in [3.8, 4) is 5.75 Å². The Morgan fingerprint density at radius 2 is 2.00 bits per heavy atom. The molecule has 0 aliphatic rings. The highest BCUT2D eigenvalue weighted by Crippen LogP contribution is 2.11. The number of nitrogens with zero attached hydrogens (tertiary/aromatic N) is 2. The predicted octanol–water partition coefficient (Wildman–Crippen LogP) is 1.90. The van der Waals surface area contributed by atoms with Crippen molar-refractivity contribution in [1.29, 1.82) is 0 Å². The van der Waals surface area contributed by atoms with Gasteiger partial charge in [0.1, 0.15) is 17.8 Å². The molecule has 0 bridgehead atoms. The molecule has 0 radical (unpaired) electrons. The lowest BCUT2D eigenvalue weighted by Gasteiger charge is -2.08. The molecule has 1 aromatic heterocycles. The first-order valence-electron chi connectivity index (χ1n) is 6.48. The average Bonchev–Trinajstić information content (AvgIpc) is 2.54. The van der Waals surface area contributed by atoms with Crippen LogP contribution in [-0.2, 0) is 4.79 Å². The Bertz CT molecular complexity index is 631. The predicted molar refractivity (Wildman–Crippen MR) is 79.2 cm³/mol. The van der Waals surface area contributed by atoms with E-state index in [4.69, 9.17) is 4.74 Å². The van der Waals surface area contributed by atoms with Crippen LogP contribution in [-0.4, -0.2) is 22.4 Å². The summed E-state index contributed by atoms with van der Waals surface area (Å²) in [4.78, 5) is 25.3. The molecule has 22 heavy (non-hydrogen) atoms. The van der Waals surface area contributed by atoms with E-state index in [9.17, 15) is 14.9 Å². The first-order valence-corrected chi connectivity index (χ1v) is 6.48. The number of nitrogens with one attached hydrogen (secondary N) is 2. The molecule has 8 heteroatoms. The first-order chi connectivity index (χ1) is 10.6. The smallest absolute Gasteiger partial charge is 0.287 e. The average molecular weight is 302 g/mol. The Morgan fingerprint density at radius 1 is 1.23 bits per heavy atom. The highest BCUT2D eigenvalue weighted by atomic mass is 16.6. The normalized spacial score (nSPS) is 9.82. The largest absolute Gasteiger partial charge is 0.493 e. The fraction of sp³-hybridized carbons (Fsp3) is 0.143. The maximum absolute atomic E-state index is 11.6. The van der Waals surface area contributed by atoms with Crippen LogP contribution >= 0.6 is 0 Å². The Labute approximate surface area is 126 Å². The minimum atomic E-state index is -0.545. The number of carbonyl (C=O) groups excluding carboxylic acids is 1. The zero-order valence-electron chi connectivity index (χ0n) is 11.6. The lowest BCUT2D eigenvalue weighted by Crippen LogP contribution is -2.30. The topological polar surface area (TPSA) is 106 Å². The second kappa shape index (κ2) is 7.58. The minimum Gasteiger partial charge on any atom is -0.493 e. The molecule has 0 aliphatic carbocycles. The van der Waals surface area contributed by atoms with Crippen molar-refractivity contribution < 1.29 is 14.5 Å². The Morgan fingerprint density at radius 3 is 2.64 bits per heavy atom. The monoisotopic (exact) mass is 302 g/mol. The van der Waals surface area contributed by atoms with Gasteiger partial charge in [-0.1, -0.05) is 18.2 Å². The number of hydrogen-bond donors (Lipinski definition) is 2. The first kappa shape index (κ1) is 15.2. The van der Waals surface area contributed by atoms with E-state index in [0.29, 0.717) is 11.6 Å². The number of carbonyl (C=O) groups is 1. The number of rotatable bonds is 7. The highest BCUT2D eigenvalue weighted by Gasteiger charge is 2.06. The number of amides is 1. The van der Waals surface area contributed by atoms with Crippen molar-refractivity contribution in [3.63, 3.8) is 0 Å². The van der Waals surface area contributed by atoms with Crippen LogP contribution < -0.4 is 15.6 Å². The molecule has 114 valence electrons. The Kier molecular flexibility index (Phi) is 5.25. The van der Waals surface area contributed by atoms with Gasteiger partial charge in [-0.15, -0.1) is 0 Å². The van der Waals surface area contributed by atoms with Gasteiger partial charge in [0.2, 0.25) is 5.91 Å². The van der Waals surface area contributed by atoms with Crippen molar-refractivity contribution in [1.82, 2.24) is 10.4 Å². The molecule has 0 atom stereocenters. The minimum absolute atomic E-state index is 0.117. The van der Waals surface area contributed by atoms with Gasteiger partial charge in [-0.25, -0.2) is 4.98 Å². The molecule has 2 N–H and O–H groups in total. The number of ether oxygens (including phenoxy) is 1. The van der Waals surface area contributed by atoms with E-state index < -0.39 is 4.92 Å². The molecular weight excluding hydrogens is 288 g/mol. The van der Waals surface area contributed by atoms with Crippen molar-refractivity contribution in [2.75, 3.05) is 12.0 Å². The van der Waals surface area contributed by atoms with Gasteiger partial charge in [-0.2, -0.15) is 0 Å². The van der Waals surface area contributed by atoms with Crippen LogP contribution in [0, 0.1) is 10.1 Å². The number of pyridine rings is 1. The maximum Gasteiger partial charge on any atom is 0.287 e. The van der Waals surface area contributed by atoms with Crippen molar-refractivity contribution >= 4 is 17.4 Å². The SMILES string of the molecule is O=C(CCOc1ccccc1)NNc1ccc([N+](=O)[O-])cn1. The molecule has 2 rings (SSSR count). The fourth-order valence-electron chi connectivity index (χ4n) is 1.54. The number of hydrazine groups is 1. The van der Waals surface area contributed by atoms with Gasteiger partial charge in [0, 0.05) is 6.07 Å². The second-order valence-electron chi connectivity index (χ2n) is 4.24. The van der Waals surface area contributed by atoms with E-state index in [-0.39, 0.29) is 24.6 Å². The molecule has 8 nitrogen and oxygen atoms in total. The van der Waals surface area contributed by atoms with Gasteiger partial charge in [-0.05, 0) is 18.2 Å². The third kappa shape index (κ3) is 4.75. The Balaban J connectivity index is 1.70. The summed E-state index contributed by atoms with van der Waals surface area (Å²) in [7, 11) is 0. The molecule has 0 unspecified atom stereocenters. The summed E-state index contributed by atoms with van der Waals surface area (Å²) in [6, 6.07) is 11.9. The zero-order chi connectivity index (χ0) is 15.8. The summed E-state index contributed by atoms with van der Waals surface area (Å²) in [6.45, 7) is 0.241. The van der Waals surface area contributed by atoms with Gasteiger partial charge in [0.05, 0.1) is 18.0 Å². The van der Waals surface area contributed by atoms with Crippen LogP contribution in [0.2, 0.25) is 0 Å². The van der Waals surface area contributed by atoms with Gasteiger partial charge in [0.15, 0.2) is 0 Å². The third-order valence-electron chi connectivity index (χ3n) is 2.63. The van der Waals surface area contributed by atoms with E-state index in [1.54, 1.807) is 12.1 Å². The van der Waals surface area contributed by atoms with Crippen LogP contribution in [0.5, 0.6) is 5.75 Å². The summed E-state index contributed by atoms with van der Waals surface area (Å²) in [5.41, 5.74) is 4.89. The van der Waals surface area contributed by atoms with Crippen LogP contribution in [0.25, 0.3) is 0 Å². The second-order valence-corrected chi connectivity index (χ2v) is 4.24. The lowest BCUT2D eigenvalue weighted by atomic mass is 10.3. The van der Waals surface area contributed by atoms with E-state index in [1.165, 1.54) is 12.1 Å². The molecule has 2 aromatic rings. The van der Waals surface area contributed by atoms with Crippen LogP contribution in [0.3, 0.4) is 0 Å². The highest BCUT2D eigenvalue weighted by molar-refractivity contribution is 5.77. The third-order valence-corrected chi connectivity index (χ3v) is 2.63. The number of nitro groups is 1. The number of benzene rings is 1. The summed E-state index contributed by atoms with van der Waals surface area (Å²) >= 11 is 0. The van der Waals surface area contributed by atoms with Crippen LogP contribution in [0.4, 0.5) is 11.5 Å². The molecule has 0 aliphatic heterocycles. The summed E-state index contributed by atoms with van der Waals surface area (Å²) < 4.78 is 5.39. The number of anilines is 1. The van der Waals surface area contributed by atoms with Crippen molar-refractivity contribution in [2.45, 2.75) is 6.42 Å². The van der Waals surface area contributed by atoms with E-state index in [0.717, 1.165) is 6.20 Å². The lowest BCUT2D eigenvalue weighted by molar-refractivity contribution is -0.385. The number of para-hydroxylation sites is 1. The molecule has 0 saturated carbocycles. The molecule has 0 spiro atoms. The number of hydrogen-bond acceptors (Lipinski definition) is 6. The molecule has 1 amide bonds. The molecular formula is C14H14N4O4. The van der Waals surface area contributed by atoms with Gasteiger partial charge in [-0.3, -0.25) is 25.8 Å². The molecule has 1 aromatic carbocycles. The van der Waals surface area contributed by atoms with E-state index in [2.05, 4.69) is 15.8 Å². The molecule has 0 saturated heterocycles. The standard InChI is InChI=1S/C14H14N4O4/c19-14(8-9-22-12-4-2-1-3-5-12)17-16-13-7-6-11(10-15-13)18(20)21/h1-7,10H,8-9H2,(H,15,16)(H,17,19). The Hall–Kier alpha value is -3.16. The summed E-state index contributed by atoms with van der Waals surface area (Å²) in [5, 5.41) is 10.5. The maximum atomic E-state index is 11.6. The van der Waals surface area contributed by atoms with E-state index in [1.807, 2.05) is 18.2 Å². The van der Waals surface area contributed by atoms with Crippen molar-refractivity contribution in [3.05, 3.63) is 58.8 Å². The van der Waals surface area contributed by atoms with Crippen molar-refractivity contribution in [2.24, 2.45) is 0 Å². The molecule has 1 heterocycles. The van der Waals surface area contributed by atoms with Gasteiger partial charge >= 0.3 is 0 Å². The summed E-state index contributed by atoms with van der Waals surface area (Å²) in [6.07, 6.45) is 1.27. The number of aromatic nitrogens is 1.